The number of carbonyl (C=O) groups excluding carboxylic acids is 1. The second-order valence-electron chi connectivity index (χ2n) is 4.56. The molecule has 0 aliphatic carbocycles. The first-order valence-electron chi connectivity index (χ1n) is 6.02. The van der Waals surface area contributed by atoms with E-state index in [1.54, 1.807) is 11.8 Å². The number of thioether (sulfide) groups is 1. The Kier molecular flexibility index (Phi) is 6.21. The van der Waals surface area contributed by atoms with Crippen LogP contribution >= 0.6 is 11.8 Å². The summed E-state index contributed by atoms with van der Waals surface area (Å²) in [6.07, 6.45) is 4.17. The van der Waals surface area contributed by atoms with Gasteiger partial charge in [0.1, 0.15) is 6.26 Å². The Bertz CT molecular complexity index is 379. The summed E-state index contributed by atoms with van der Waals surface area (Å²) < 4.78 is 5.25. The number of carbonyl (C=O) groups is 1. The van der Waals surface area contributed by atoms with Gasteiger partial charge in [-0.3, -0.25) is 4.79 Å². The molecule has 0 fully saturated rings. The van der Waals surface area contributed by atoms with Crippen LogP contribution in [0.3, 0.4) is 0 Å². The second kappa shape index (κ2) is 7.43. The fourth-order valence-corrected chi connectivity index (χ4v) is 1.81. The highest BCUT2D eigenvalue weighted by atomic mass is 32.2. The van der Waals surface area contributed by atoms with Crippen molar-refractivity contribution in [3.8, 4) is 0 Å². The van der Waals surface area contributed by atoms with Gasteiger partial charge in [0.15, 0.2) is 5.69 Å². The molecule has 6 heteroatoms. The molecular weight excluding hydrogens is 250 g/mol. The first kappa shape index (κ1) is 15.0. The fraction of sp³-hybridized carbons (Fsp3) is 0.667. The number of oxazole rings is 1. The van der Waals surface area contributed by atoms with Crippen molar-refractivity contribution in [1.29, 1.82) is 0 Å². The van der Waals surface area contributed by atoms with Gasteiger partial charge in [-0.15, -0.1) is 0 Å². The summed E-state index contributed by atoms with van der Waals surface area (Å²) >= 11 is 1.72. The van der Waals surface area contributed by atoms with Gasteiger partial charge in [-0.2, -0.15) is 11.8 Å². The summed E-state index contributed by atoms with van der Waals surface area (Å²) in [6, 6.07) is -0.246. The third-order valence-electron chi connectivity index (χ3n) is 2.38. The van der Waals surface area contributed by atoms with Gasteiger partial charge in [-0.1, -0.05) is 13.8 Å². The molecule has 0 saturated carbocycles. The normalized spacial score (nSPS) is 12.7. The lowest BCUT2D eigenvalue weighted by Crippen LogP contribution is -2.27. The molecule has 0 aliphatic rings. The first-order chi connectivity index (χ1) is 8.54. The average molecular weight is 271 g/mol. The van der Waals surface area contributed by atoms with E-state index in [0.717, 1.165) is 12.2 Å². The quantitative estimate of drug-likeness (QED) is 0.790. The number of nitrogens with two attached hydrogens (primary N) is 1. The largest absolute Gasteiger partial charge is 0.446 e. The van der Waals surface area contributed by atoms with Gasteiger partial charge in [-0.25, -0.2) is 4.98 Å². The Labute approximate surface area is 112 Å². The van der Waals surface area contributed by atoms with Crippen molar-refractivity contribution in [2.75, 3.05) is 18.6 Å². The zero-order chi connectivity index (χ0) is 13.5. The first-order valence-corrected chi connectivity index (χ1v) is 7.42. The molecule has 0 aliphatic heterocycles. The lowest BCUT2D eigenvalue weighted by atomic mass is 10.2. The van der Waals surface area contributed by atoms with Crippen molar-refractivity contribution in [3.05, 3.63) is 17.8 Å². The standard InChI is InChI=1S/C12H21N3O2S/c1-8(2)6-14-11(16)10-7-17-12(15-10)9(13)4-5-18-3/h7-9H,4-6,13H2,1-3H3,(H,14,16). The van der Waals surface area contributed by atoms with Crippen LogP contribution in [0.25, 0.3) is 0 Å². The molecule has 18 heavy (non-hydrogen) atoms. The molecule has 1 rings (SSSR count). The molecule has 0 saturated heterocycles. The van der Waals surface area contributed by atoms with E-state index in [2.05, 4.69) is 10.3 Å². The van der Waals surface area contributed by atoms with E-state index >= 15 is 0 Å². The molecule has 0 bridgehead atoms. The summed E-state index contributed by atoms with van der Waals surface area (Å²) in [5.41, 5.74) is 6.21. The summed E-state index contributed by atoms with van der Waals surface area (Å²) in [7, 11) is 0. The van der Waals surface area contributed by atoms with Crippen LogP contribution in [-0.4, -0.2) is 29.4 Å². The Morgan fingerprint density at radius 2 is 2.33 bits per heavy atom. The number of nitrogens with one attached hydrogen (secondary N) is 1. The van der Waals surface area contributed by atoms with Crippen molar-refractivity contribution < 1.29 is 9.21 Å². The van der Waals surface area contributed by atoms with Crippen molar-refractivity contribution >= 4 is 17.7 Å². The molecule has 1 amide bonds. The molecule has 1 heterocycles. The van der Waals surface area contributed by atoms with Crippen LogP contribution in [0.15, 0.2) is 10.7 Å². The number of amides is 1. The highest BCUT2D eigenvalue weighted by molar-refractivity contribution is 7.98. The third-order valence-corrected chi connectivity index (χ3v) is 3.02. The van der Waals surface area contributed by atoms with Crippen LogP contribution in [0.2, 0.25) is 0 Å². The molecule has 1 atom stereocenters. The van der Waals surface area contributed by atoms with Gasteiger partial charge >= 0.3 is 0 Å². The molecule has 1 unspecified atom stereocenters. The van der Waals surface area contributed by atoms with Crippen LogP contribution in [0.1, 0.15) is 42.7 Å². The van der Waals surface area contributed by atoms with Gasteiger partial charge < -0.3 is 15.5 Å². The Balaban J connectivity index is 2.54. The molecule has 3 N–H and O–H groups in total. The minimum absolute atomic E-state index is 0.212. The van der Waals surface area contributed by atoms with Crippen LogP contribution in [-0.2, 0) is 0 Å². The Morgan fingerprint density at radius 3 is 2.94 bits per heavy atom. The summed E-state index contributed by atoms with van der Waals surface area (Å²) in [5, 5.41) is 2.79. The maximum absolute atomic E-state index is 11.7. The number of nitrogens with zero attached hydrogens (tertiary/aromatic N) is 1. The van der Waals surface area contributed by atoms with E-state index in [1.807, 2.05) is 20.1 Å². The minimum atomic E-state index is -0.246. The maximum Gasteiger partial charge on any atom is 0.273 e. The predicted molar refractivity (Wildman–Crippen MR) is 73.6 cm³/mol. The van der Waals surface area contributed by atoms with Gasteiger partial charge in [0.05, 0.1) is 6.04 Å². The van der Waals surface area contributed by atoms with E-state index in [1.165, 1.54) is 6.26 Å². The Hall–Kier alpha value is -1.01. The molecule has 0 aromatic carbocycles. The van der Waals surface area contributed by atoms with E-state index in [0.29, 0.717) is 24.0 Å². The molecule has 5 nitrogen and oxygen atoms in total. The highest BCUT2D eigenvalue weighted by Crippen LogP contribution is 2.15. The monoisotopic (exact) mass is 271 g/mol. The third kappa shape index (κ3) is 4.70. The average Bonchev–Trinajstić information content (AvgIpc) is 2.82. The molecular formula is C12H21N3O2S. The van der Waals surface area contributed by atoms with E-state index in [4.69, 9.17) is 10.2 Å². The van der Waals surface area contributed by atoms with Gasteiger partial charge in [0, 0.05) is 6.54 Å². The van der Waals surface area contributed by atoms with Crippen molar-refractivity contribution in [2.45, 2.75) is 26.3 Å². The molecule has 0 spiro atoms. The SMILES string of the molecule is CSCCC(N)c1nc(C(=O)NCC(C)C)co1. The number of hydrogen-bond acceptors (Lipinski definition) is 5. The molecule has 1 aromatic heterocycles. The van der Waals surface area contributed by atoms with Gasteiger partial charge in [0.2, 0.25) is 5.89 Å². The minimum Gasteiger partial charge on any atom is -0.446 e. The summed E-state index contributed by atoms with van der Waals surface area (Å²) in [6.45, 7) is 4.69. The smallest absolute Gasteiger partial charge is 0.273 e. The fourth-order valence-electron chi connectivity index (χ4n) is 1.32. The van der Waals surface area contributed by atoms with Crippen molar-refractivity contribution in [3.63, 3.8) is 0 Å². The lowest BCUT2D eigenvalue weighted by molar-refractivity contribution is 0.0944. The Morgan fingerprint density at radius 1 is 1.61 bits per heavy atom. The van der Waals surface area contributed by atoms with E-state index in [-0.39, 0.29) is 11.9 Å². The van der Waals surface area contributed by atoms with Crippen LogP contribution in [0, 0.1) is 5.92 Å². The molecule has 1 aromatic rings. The highest BCUT2D eigenvalue weighted by Gasteiger charge is 2.16. The molecule has 0 radical (unpaired) electrons. The number of rotatable bonds is 7. The van der Waals surface area contributed by atoms with Crippen molar-refractivity contribution in [1.82, 2.24) is 10.3 Å². The molecule has 102 valence electrons. The zero-order valence-corrected chi connectivity index (χ0v) is 11.9. The summed E-state index contributed by atoms with van der Waals surface area (Å²) in [4.78, 5) is 15.8. The number of aromatic nitrogens is 1. The van der Waals surface area contributed by atoms with Crippen molar-refractivity contribution in [2.24, 2.45) is 11.7 Å². The second-order valence-corrected chi connectivity index (χ2v) is 5.55. The summed E-state index contributed by atoms with van der Waals surface area (Å²) in [5.74, 6) is 1.57. The van der Waals surface area contributed by atoms with Crippen LogP contribution in [0.5, 0.6) is 0 Å². The van der Waals surface area contributed by atoms with Crippen LogP contribution in [0.4, 0.5) is 0 Å². The van der Waals surface area contributed by atoms with E-state index < -0.39 is 0 Å². The lowest BCUT2D eigenvalue weighted by Gasteiger charge is -2.06. The van der Waals surface area contributed by atoms with E-state index in [9.17, 15) is 4.79 Å². The van der Waals surface area contributed by atoms with Gasteiger partial charge in [0.25, 0.3) is 5.91 Å². The number of hydrogen-bond donors (Lipinski definition) is 2. The zero-order valence-electron chi connectivity index (χ0n) is 11.1. The maximum atomic E-state index is 11.7. The van der Waals surface area contributed by atoms with Crippen LogP contribution < -0.4 is 11.1 Å². The predicted octanol–water partition coefficient (Wildman–Crippen LogP) is 1.81. The van der Waals surface area contributed by atoms with Gasteiger partial charge in [-0.05, 0) is 24.3 Å². The topological polar surface area (TPSA) is 81.1 Å².